The van der Waals surface area contributed by atoms with Crippen molar-refractivity contribution >= 4 is 51.5 Å². The van der Waals surface area contributed by atoms with Gasteiger partial charge in [0.2, 0.25) is 0 Å². The Labute approximate surface area is 251 Å². The largest absolute Gasteiger partial charge is 0.384 e. The number of hydrogen-bond donors (Lipinski definition) is 3. The SMILES string of the molecule is CC(C)(O)c1ncc(C(=N)c2cc(-c3ccc4c(c3)CCC(C)(N3CCCC3)CC4)cnc2NPI)cc1Cl. The normalized spacial score (nSPS) is 20.3. The molecular formula is C30H36ClIN5OP. The molecule has 1 aliphatic carbocycles. The number of hydrogen-bond acceptors (Lipinski definition) is 6. The van der Waals surface area contributed by atoms with E-state index in [0.29, 0.717) is 34.0 Å². The number of likely N-dealkylation sites (tertiary alicyclic amines) is 1. The van der Waals surface area contributed by atoms with Gasteiger partial charge in [-0.25, -0.2) is 4.98 Å². The molecule has 5 rings (SSSR count). The number of anilines is 1. The maximum atomic E-state index is 10.4. The van der Waals surface area contributed by atoms with E-state index in [9.17, 15) is 5.11 Å². The second-order valence-electron chi connectivity index (χ2n) is 11.5. The number of pyridine rings is 2. The quantitative estimate of drug-likeness (QED) is 0.104. The van der Waals surface area contributed by atoms with Crippen molar-refractivity contribution in [2.45, 2.75) is 70.4 Å². The number of aliphatic hydroxyl groups is 1. The van der Waals surface area contributed by atoms with Gasteiger partial charge in [-0.2, -0.15) is 0 Å². The van der Waals surface area contributed by atoms with E-state index in [1.807, 2.05) is 12.3 Å². The summed E-state index contributed by atoms with van der Waals surface area (Å²) in [4.78, 5) is 11.8. The molecule has 3 heterocycles. The fourth-order valence-electron chi connectivity index (χ4n) is 5.93. The van der Waals surface area contributed by atoms with Crippen LogP contribution in [0.5, 0.6) is 0 Å². The first-order valence-electron chi connectivity index (χ1n) is 13.6. The van der Waals surface area contributed by atoms with E-state index in [-0.39, 0.29) is 11.3 Å². The van der Waals surface area contributed by atoms with Gasteiger partial charge in [0.1, 0.15) is 11.4 Å². The molecule has 0 spiro atoms. The molecule has 0 radical (unpaired) electrons. The van der Waals surface area contributed by atoms with Gasteiger partial charge in [0.15, 0.2) is 0 Å². The van der Waals surface area contributed by atoms with Crippen molar-refractivity contribution in [3.05, 3.63) is 75.7 Å². The van der Waals surface area contributed by atoms with Crippen LogP contribution in [0.2, 0.25) is 5.02 Å². The van der Waals surface area contributed by atoms with Crippen LogP contribution >= 0.6 is 40.0 Å². The average molecular weight is 676 g/mol. The van der Waals surface area contributed by atoms with Crippen molar-refractivity contribution in [1.29, 1.82) is 5.41 Å². The molecule has 2 unspecified atom stereocenters. The Morgan fingerprint density at radius 3 is 2.46 bits per heavy atom. The molecule has 2 aromatic heterocycles. The minimum absolute atomic E-state index is 0.281. The molecule has 1 aliphatic heterocycles. The lowest BCUT2D eigenvalue weighted by Crippen LogP contribution is -2.44. The number of benzene rings is 1. The molecule has 39 heavy (non-hydrogen) atoms. The van der Waals surface area contributed by atoms with E-state index in [4.69, 9.17) is 22.0 Å². The zero-order valence-corrected chi connectivity index (χ0v) is 26.7. The van der Waals surface area contributed by atoms with Crippen LogP contribution in [0, 0.1) is 5.41 Å². The number of halogens is 2. The van der Waals surface area contributed by atoms with Crippen molar-refractivity contribution < 1.29 is 5.11 Å². The van der Waals surface area contributed by atoms with E-state index in [1.165, 1.54) is 49.9 Å². The van der Waals surface area contributed by atoms with Gasteiger partial charge in [-0.1, -0.05) is 29.8 Å². The van der Waals surface area contributed by atoms with Gasteiger partial charge in [0, 0.05) is 41.0 Å². The van der Waals surface area contributed by atoms with Crippen molar-refractivity contribution in [3.8, 4) is 11.1 Å². The molecule has 6 nitrogen and oxygen atoms in total. The minimum Gasteiger partial charge on any atom is -0.384 e. The molecule has 206 valence electrons. The summed E-state index contributed by atoms with van der Waals surface area (Å²) in [5, 5.41) is 23.0. The van der Waals surface area contributed by atoms with E-state index >= 15 is 0 Å². The number of aromatic nitrogens is 2. The molecule has 1 saturated heterocycles. The molecule has 2 atom stereocenters. The second kappa shape index (κ2) is 11.7. The van der Waals surface area contributed by atoms with Crippen LogP contribution in [0.1, 0.15) is 74.4 Å². The zero-order valence-electron chi connectivity index (χ0n) is 22.7. The van der Waals surface area contributed by atoms with E-state index < -0.39 is 5.60 Å². The summed E-state index contributed by atoms with van der Waals surface area (Å²) in [5.41, 5.74) is 6.07. The van der Waals surface area contributed by atoms with Crippen LogP contribution < -0.4 is 5.09 Å². The molecule has 3 aromatic rings. The van der Waals surface area contributed by atoms with Crippen LogP contribution in [0.3, 0.4) is 0 Å². The lowest BCUT2D eigenvalue weighted by molar-refractivity contribution is 0.0740. The molecular weight excluding hydrogens is 640 g/mol. The minimum atomic E-state index is -1.16. The highest BCUT2D eigenvalue weighted by molar-refractivity contribution is 14.2. The first kappa shape index (κ1) is 28.9. The Hall–Kier alpha value is -1.64. The number of aryl methyl sites for hydroxylation is 2. The summed E-state index contributed by atoms with van der Waals surface area (Å²) in [6.45, 7) is 8.23. The first-order chi connectivity index (χ1) is 18.6. The molecule has 0 saturated carbocycles. The summed E-state index contributed by atoms with van der Waals surface area (Å²) in [6, 6.07) is 10.6. The highest BCUT2D eigenvalue weighted by Crippen LogP contribution is 2.37. The molecule has 0 bridgehead atoms. The highest BCUT2D eigenvalue weighted by atomic mass is 127. The van der Waals surface area contributed by atoms with E-state index in [1.54, 1.807) is 26.1 Å². The highest BCUT2D eigenvalue weighted by Gasteiger charge is 2.35. The number of rotatable bonds is 7. The Balaban J connectivity index is 1.45. The van der Waals surface area contributed by atoms with Gasteiger partial charge in [-0.15, -0.1) is 0 Å². The summed E-state index contributed by atoms with van der Waals surface area (Å²) < 4.78 is 0. The Morgan fingerprint density at radius 2 is 1.79 bits per heavy atom. The predicted octanol–water partition coefficient (Wildman–Crippen LogP) is 7.53. The number of nitrogens with zero attached hydrogens (tertiary/aromatic N) is 3. The van der Waals surface area contributed by atoms with Gasteiger partial charge in [-0.3, -0.25) is 15.3 Å². The number of fused-ring (bicyclic) bond motifs is 1. The summed E-state index contributed by atoms with van der Waals surface area (Å²) in [7, 11) is 0. The summed E-state index contributed by atoms with van der Waals surface area (Å²) >= 11 is 8.73. The smallest absolute Gasteiger partial charge is 0.139 e. The van der Waals surface area contributed by atoms with Gasteiger partial charge < -0.3 is 10.2 Å². The molecule has 1 aromatic carbocycles. The maximum Gasteiger partial charge on any atom is 0.139 e. The molecule has 9 heteroatoms. The maximum absolute atomic E-state index is 10.4. The first-order valence-corrected chi connectivity index (χ1v) is 18.0. The molecule has 1 fully saturated rings. The van der Waals surface area contributed by atoms with Gasteiger partial charge >= 0.3 is 0 Å². The van der Waals surface area contributed by atoms with Crippen molar-refractivity contribution in [1.82, 2.24) is 14.9 Å². The zero-order chi connectivity index (χ0) is 27.8. The Kier molecular flexibility index (Phi) is 8.65. The fraction of sp³-hybridized carbons (Fsp3) is 0.433. The monoisotopic (exact) mass is 675 g/mol. The Morgan fingerprint density at radius 1 is 1.08 bits per heavy atom. The fourth-order valence-corrected chi connectivity index (χ4v) is 7.38. The lowest BCUT2D eigenvalue weighted by atomic mass is 9.90. The predicted molar refractivity (Wildman–Crippen MR) is 172 cm³/mol. The molecule has 3 N–H and O–H groups in total. The van der Waals surface area contributed by atoms with Crippen LogP contribution in [0.15, 0.2) is 42.7 Å². The Bertz CT molecular complexity index is 1390. The number of nitrogens with one attached hydrogen (secondary N) is 2. The molecule has 0 amide bonds. The van der Waals surface area contributed by atoms with Crippen LogP contribution in [-0.2, 0) is 18.4 Å². The van der Waals surface area contributed by atoms with Crippen molar-refractivity contribution in [3.63, 3.8) is 0 Å². The third kappa shape index (κ3) is 6.18. The third-order valence-electron chi connectivity index (χ3n) is 8.31. The van der Waals surface area contributed by atoms with Crippen LogP contribution in [-0.4, -0.2) is 44.3 Å². The van der Waals surface area contributed by atoms with Crippen LogP contribution in [0.4, 0.5) is 5.82 Å². The lowest BCUT2D eigenvalue weighted by Gasteiger charge is -2.38. The third-order valence-corrected chi connectivity index (χ3v) is 9.74. The van der Waals surface area contributed by atoms with Crippen molar-refractivity contribution in [2.24, 2.45) is 0 Å². The summed E-state index contributed by atoms with van der Waals surface area (Å²) in [6.07, 6.45) is 11.2. The standard InChI is InChI=1S/C30H36ClIN5OP/c1-29(2,38)27-25(31)16-23(18-34-27)26(33)24-15-22(17-35-28(24)36-39-32)20-7-6-19-8-10-30(3,11-9-21(19)14-20)37-12-4-5-13-37/h6-7,14-18,33,38-39H,4-5,8-13H2,1-3H3,(H,35,36). The van der Waals surface area contributed by atoms with Gasteiger partial charge in [0.05, 0.1) is 16.4 Å². The second-order valence-corrected chi connectivity index (χ2v) is 14.0. The van der Waals surface area contributed by atoms with Crippen molar-refractivity contribution in [2.75, 3.05) is 18.2 Å². The van der Waals surface area contributed by atoms with E-state index in [0.717, 1.165) is 24.0 Å². The van der Waals surface area contributed by atoms with Gasteiger partial charge in [0.25, 0.3) is 0 Å². The van der Waals surface area contributed by atoms with Crippen LogP contribution in [0.25, 0.3) is 11.1 Å². The summed E-state index contributed by atoms with van der Waals surface area (Å²) in [5.74, 6) is 0.662. The molecule has 2 aliphatic rings. The van der Waals surface area contributed by atoms with Gasteiger partial charge in [-0.05, 0) is 123 Å². The van der Waals surface area contributed by atoms with E-state index in [2.05, 4.69) is 62.1 Å². The average Bonchev–Trinajstić information content (AvgIpc) is 3.41. The topological polar surface area (TPSA) is 85.1 Å².